The molecule has 0 aromatic carbocycles. The van der Waals surface area contributed by atoms with E-state index in [1.807, 2.05) is 6.26 Å². The second-order valence-electron chi connectivity index (χ2n) is 5.77. The van der Waals surface area contributed by atoms with Crippen LogP contribution in [-0.4, -0.2) is 24.0 Å². The molecule has 1 saturated heterocycles. The highest BCUT2D eigenvalue weighted by molar-refractivity contribution is 5.13. The molecule has 2 heterocycles. The summed E-state index contributed by atoms with van der Waals surface area (Å²) < 4.78 is 5.68. The molecule has 18 heavy (non-hydrogen) atoms. The molecule has 2 aliphatic rings. The Balaban J connectivity index is 1.48. The molecule has 1 saturated carbocycles. The molecule has 0 bridgehead atoms. The molecule has 100 valence electrons. The lowest BCUT2D eigenvalue weighted by molar-refractivity contribution is 0.253. The van der Waals surface area contributed by atoms with Crippen molar-refractivity contribution >= 4 is 0 Å². The van der Waals surface area contributed by atoms with Crippen LogP contribution in [0.4, 0.5) is 0 Å². The molecule has 0 radical (unpaired) electrons. The van der Waals surface area contributed by atoms with Crippen LogP contribution < -0.4 is 5.32 Å². The summed E-state index contributed by atoms with van der Waals surface area (Å²) in [7, 11) is 0. The number of nitrogens with one attached hydrogen (secondary N) is 1. The van der Waals surface area contributed by atoms with Crippen molar-refractivity contribution in [2.75, 3.05) is 13.1 Å². The fourth-order valence-electron chi connectivity index (χ4n) is 2.67. The minimum Gasteiger partial charge on any atom is -0.468 e. The van der Waals surface area contributed by atoms with Crippen molar-refractivity contribution in [3.8, 4) is 0 Å². The summed E-state index contributed by atoms with van der Waals surface area (Å²) in [5.74, 6) is 1.13. The maximum absolute atomic E-state index is 5.68. The summed E-state index contributed by atoms with van der Waals surface area (Å²) >= 11 is 0. The van der Waals surface area contributed by atoms with Gasteiger partial charge in [-0.2, -0.15) is 0 Å². The summed E-state index contributed by atoms with van der Waals surface area (Å²) in [5, 5.41) is 3.53. The highest BCUT2D eigenvalue weighted by Crippen LogP contribution is 2.20. The summed E-state index contributed by atoms with van der Waals surface area (Å²) in [6.07, 6.45) is 10.1. The van der Waals surface area contributed by atoms with E-state index in [2.05, 4.69) is 16.3 Å². The predicted molar refractivity (Wildman–Crippen MR) is 72.3 cm³/mol. The normalized spacial score (nSPS) is 22.0. The van der Waals surface area contributed by atoms with Gasteiger partial charge in [-0.15, -0.1) is 0 Å². The molecule has 3 heteroatoms. The van der Waals surface area contributed by atoms with Crippen LogP contribution in [0.25, 0.3) is 0 Å². The Labute approximate surface area is 110 Å². The Hall–Kier alpha value is -0.800. The second kappa shape index (κ2) is 5.89. The lowest BCUT2D eigenvalue weighted by Crippen LogP contribution is -2.23. The van der Waals surface area contributed by atoms with Crippen LogP contribution in [0.3, 0.4) is 0 Å². The Morgan fingerprint density at radius 1 is 1.17 bits per heavy atom. The first-order valence-electron chi connectivity index (χ1n) is 7.42. The Morgan fingerprint density at radius 3 is 2.67 bits per heavy atom. The quantitative estimate of drug-likeness (QED) is 0.868. The van der Waals surface area contributed by atoms with Gasteiger partial charge < -0.3 is 9.73 Å². The van der Waals surface area contributed by atoms with Gasteiger partial charge in [-0.25, -0.2) is 0 Å². The molecule has 0 atom stereocenters. The molecule has 1 aliphatic heterocycles. The second-order valence-corrected chi connectivity index (χ2v) is 5.77. The van der Waals surface area contributed by atoms with E-state index in [4.69, 9.17) is 4.42 Å². The Bertz CT molecular complexity index is 362. The van der Waals surface area contributed by atoms with Crippen LogP contribution in [0.5, 0.6) is 0 Å². The van der Waals surface area contributed by atoms with Crippen LogP contribution in [0.2, 0.25) is 0 Å². The largest absolute Gasteiger partial charge is 0.468 e. The van der Waals surface area contributed by atoms with Gasteiger partial charge in [0.2, 0.25) is 0 Å². The van der Waals surface area contributed by atoms with E-state index < -0.39 is 0 Å². The zero-order chi connectivity index (χ0) is 12.2. The Morgan fingerprint density at radius 2 is 1.94 bits per heavy atom. The van der Waals surface area contributed by atoms with Gasteiger partial charge in [0.25, 0.3) is 0 Å². The minimum absolute atomic E-state index is 0.772. The highest BCUT2D eigenvalue weighted by Gasteiger charge is 2.20. The summed E-state index contributed by atoms with van der Waals surface area (Å²) in [6.45, 7) is 4.42. The number of furan rings is 1. The van der Waals surface area contributed by atoms with E-state index in [0.717, 1.165) is 24.9 Å². The summed E-state index contributed by atoms with van der Waals surface area (Å²) in [6, 6.07) is 2.99. The molecule has 0 spiro atoms. The maximum atomic E-state index is 5.68. The van der Waals surface area contributed by atoms with Gasteiger partial charge in [-0.05, 0) is 44.8 Å². The van der Waals surface area contributed by atoms with Crippen LogP contribution >= 0.6 is 0 Å². The monoisotopic (exact) mass is 248 g/mol. The summed E-state index contributed by atoms with van der Waals surface area (Å²) in [5.41, 5.74) is 1.30. The Kier molecular flexibility index (Phi) is 4.01. The third-order valence-electron chi connectivity index (χ3n) is 3.96. The van der Waals surface area contributed by atoms with Gasteiger partial charge in [-0.3, -0.25) is 4.90 Å². The number of hydrogen-bond donors (Lipinski definition) is 1. The van der Waals surface area contributed by atoms with E-state index in [9.17, 15) is 0 Å². The molecule has 3 nitrogen and oxygen atoms in total. The number of likely N-dealkylation sites (tertiary alicyclic amines) is 1. The van der Waals surface area contributed by atoms with Crippen LogP contribution in [0, 0.1) is 0 Å². The van der Waals surface area contributed by atoms with Gasteiger partial charge in [0.15, 0.2) is 0 Å². The molecule has 0 amide bonds. The molecular formula is C15H24N2O. The van der Waals surface area contributed by atoms with Crippen molar-refractivity contribution in [2.45, 2.75) is 57.7 Å². The maximum Gasteiger partial charge on any atom is 0.118 e. The number of hydrogen-bond acceptors (Lipinski definition) is 3. The van der Waals surface area contributed by atoms with Crippen molar-refractivity contribution in [3.05, 3.63) is 23.7 Å². The molecule has 0 unspecified atom stereocenters. The van der Waals surface area contributed by atoms with Gasteiger partial charge in [-0.1, -0.05) is 12.8 Å². The predicted octanol–water partition coefficient (Wildman–Crippen LogP) is 2.91. The van der Waals surface area contributed by atoms with E-state index >= 15 is 0 Å². The van der Waals surface area contributed by atoms with Crippen molar-refractivity contribution in [3.63, 3.8) is 0 Å². The summed E-state index contributed by atoms with van der Waals surface area (Å²) in [4.78, 5) is 2.53. The standard InChI is InChI=1S/C15H24N2O/c1-2-4-8-17(7-3-1)11-15-9-13(12-18-15)10-16-14-5-6-14/h9,12,14,16H,1-8,10-11H2. The van der Waals surface area contributed by atoms with Crippen LogP contribution in [0.1, 0.15) is 49.8 Å². The molecule has 1 N–H and O–H groups in total. The minimum atomic E-state index is 0.772. The fourth-order valence-corrected chi connectivity index (χ4v) is 2.67. The zero-order valence-corrected chi connectivity index (χ0v) is 11.2. The van der Waals surface area contributed by atoms with Crippen LogP contribution in [0.15, 0.2) is 16.7 Å². The van der Waals surface area contributed by atoms with E-state index in [-0.39, 0.29) is 0 Å². The molecular weight excluding hydrogens is 224 g/mol. The van der Waals surface area contributed by atoms with Gasteiger partial charge in [0.05, 0.1) is 12.8 Å². The van der Waals surface area contributed by atoms with Gasteiger partial charge in [0.1, 0.15) is 5.76 Å². The smallest absolute Gasteiger partial charge is 0.118 e. The van der Waals surface area contributed by atoms with E-state index in [1.165, 1.54) is 57.2 Å². The number of nitrogens with zero attached hydrogens (tertiary/aromatic N) is 1. The zero-order valence-electron chi connectivity index (χ0n) is 11.2. The number of rotatable bonds is 5. The first-order valence-corrected chi connectivity index (χ1v) is 7.42. The third-order valence-corrected chi connectivity index (χ3v) is 3.96. The molecule has 3 rings (SSSR count). The lowest BCUT2D eigenvalue weighted by Gasteiger charge is -2.17. The van der Waals surface area contributed by atoms with Crippen LogP contribution in [-0.2, 0) is 13.1 Å². The van der Waals surface area contributed by atoms with E-state index in [0.29, 0.717) is 0 Å². The average molecular weight is 248 g/mol. The molecule has 1 aromatic rings. The van der Waals surface area contributed by atoms with Gasteiger partial charge >= 0.3 is 0 Å². The SMILES string of the molecule is c1oc(CN2CCCCCC2)cc1CNC1CC1. The lowest BCUT2D eigenvalue weighted by atomic mass is 10.2. The molecule has 1 aliphatic carbocycles. The first-order chi connectivity index (χ1) is 8.90. The van der Waals surface area contributed by atoms with Crippen molar-refractivity contribution < 1.29 is 4.42 Å². The first kappa shape index (κ1) is 12.2. The van der Waals surface area contributed by atoms with E-state index in [1.54, 1.807) is 0 Å². The van der Waals surface area contributed by atoms with Crippen molar-refractivity contribution in [1.29, 1.82) is 0 Å². The van der Waals surface area contributed by atoms with Gasteiger partial charge in [0, 0.05) is 18.2 Å². The molecule has 2 fully saturated rings. The average Bonchev–Trinajstić information content (AvgIpc) is 3.14. The van der Waals surface area contributed by atoms with Crippen molar-refractivity contribution in [2.24, 2.45) is 0 Å². The molecule has 1 aromatic heterocycles. The topological polar surface area (TPSA) is 28.4 Å². The fraction of sp³-hybridized carbons (Fsp3) is 0.733. The third kappa shape index (κ3) is 3.59. The van der Waals surface area contributed by atoms with Crippen molar-refractivity contribution in [1.82, 2.24) is 10.2 Å². The highest BCUT2D eigenvalue weighted by atomic mass is 16.3.